The molecule has 3 amide bonds. The van der Waals surface area contributed by atoms with Crippen molar-refractivity contribution < 1.29 is 14.4 Å². The Balaban J connectivity index is 1.96. The summed E-state index contributed by atoms with van der Waals surface area (Å²) >= 11 is 0. The number of aryl methyl sites for hydroxylation is 1. The molecule has 3 rings (SSSR count). The number of nitriles is 1. The molecule has 1 atom stereocenters. The van der Waals surface area contributed by atoms with Gasteiger partial charge in [0.05, 0.1) is 11.1 Å². The summed E-state index contributed by atoms with van der Waals surface area (Å²) in [5, 5.41) is 11.5. The first kappa shape index (κ1) is 13.3. The van der Waals surface area contributed by atoms with E-state index in [1.165, 1.54) is 4.90 Å². The fraction of sp³-hybridized carbons (Fsp3) is 0.333. The van der Waals surface area contributed by atoms with Crippen molar-refractivity contribution in [3.05, 3.63) is 34.4 Å². The molecule has 1 aromatic rings. The number of carbonyl (C=O) groups excluding carboxylic acids is 3. The van der Waals surface area contributed by atoms with Gasteiger partial charge in [-0.2, -0.15) is 5.26 Å². The Kier molecular flexibility index (Phi) is 2.98. The maximum absolute atomic E-state index is 12.6. The smallest absolute Gasteiger partial charge is 0.256 e. The Labute approximate surface area is 121 Å². The van der Waals surface area contributed by atoms with Crippen LogP contribution in [-0.4, -0.2) is 28.7 Å². The zero-order valence-electron chi connectivity index (χ0n) is 11.5. The van der Waals surface area contributed by atoms with E-state index in [0.717, 1.165) is 11.1 Å². The minimum absolute atomic E-state index is 0.223. The minimum atomic E-state index is -0.644. The third-order valence-electron chi connectivity index (χ3n) is 4.01. The second-order valence-electron chi connectivity index (χ2n) is 5.30. The maximum atomic E-state index is 12.6. The minimum Gasteiger partial charge on any atom is -0.322 e. The molecule has 1 N–H and O–H groups in total. The van der Waals surface area contributed by atoms with Gasteiger partial charge in [0.2, 0.25) is 11.8 Å². The zero-order chi connectivity index (χ0) is 15.1. The number of hydrogen-bond donors (Lipinski definition) is 1. The number of fused-ring (bicyclic) bond motifs is 1. The molecule has 0 saturated carbocycles. The van der Waals surface area contributed by atoms with Crippen LogP contribution in [0.4, 0.5) is 0 Å². The van der Waals surface area contributed by atoms with Gasteiger partial charge in [0.25, 0.3) is 5.91 Å². The van der Waals surface area contributed by atoms with Crippen molar-refractivity contribution in [1.29, 1.82) is 5.26 Å². The highest BCUT2D eigenvalue weighted by Crippen LogP contribution is 2.30. The molecule has 0 aliphatic carbocycles. The SMILES string of the molecule is Cc1ccc2c(c1C#N)C(=O)N(C1CCC(=O)NC1=O)C2. The topological polar surface area (TPSA) is 90.3 Å². The summed E-state index contributed by atoms with van der Waals surface area (Å²) in [5.41, 5.74) is 2.26. The predicted molar refractivity (Wildman–Crippen MR) is 71.9 cm³/mol. The molecule has 1 aromatic carbocycles. The molecule has 106 valence electrons. The lowest BCUT2D eigenvalue weighted by Crippen LogP contribution is -2.52. The Morgan fingerprint density at radius 2 is 2.10 bits per heavy atom. The van der Waals surface area contributed by atoms with Gasteiger partial charge in [0.1, 0.15) is 12.1 Å². The van der Waals surface area contributed by atoms with Crippen LogP contribution in [0.2, 0.25) is 0 Å². The summed E-state index contributed by atoms with van der Waals surface area (Å²) in [5.74, 6) is -1.06. The quantitative estimate of drug-likeness (QED) is 0.765. The van der Waals surface area contributed by atoms with E-state index in [2.05, 4.69) is 11.4 Å². The van der Waals surface area contributed by atoms with Gasteiger partial charge >= 0.3 is 0 Å². The average Bonchev–Trinajstić information content (AvgIpc) is 2.77. The highest BCUT2D eigenvalue weighted by Gasteiger charge is 2.40. The molecular weight excluding hydrogens is 270 g/mol. The van der Waals surface area contributed by atoms with Crippen molar-refractivity contribution in [2.24, 2.45) is 0 Å². The molecule has 2 heterocycles. The van der Waals surface area contributed by atoms with Crippen molar-refractivity contribution in [3.8, 4) is 6.07 Å². The lowest BCUT2D eigenvalue weighted by atomic mass is 9.99. The first-order chi connectivity index (χ1) is 10.0. The lowest BCUT2D eigenvalue weighted by molar-refractivity contribution is -0.136. The predicted octanol–water partition coefficient (Wildman–Crippen LogP) is 0.628. The maximum Gasteiger partial charge on any atom is 0.256 e. The Hall–Kier alpha value is -2.68. The molecule has 0 radical (unpaired) electrons. The third kappa shape index (κ3) is 1.98. The van der Waals surface area contributed by atoms with E-state index in [9.17, 15) is 19.6 Å². The van der Waals surface area contributed by atoms with E-state index in [4.69, 9.17) is 0 Å². The molecule has 1 saturated heterocycles. The molecular formula is C15H13N3O3. The molecule has 0 spiro atoms. The summed E-state index contributed by atoms with van der Waals surface area (Å²) in [6.45, 7) is 2.08. The largest absolute Gasteiger partial charge is 0.322 e. The van der Waals surface area contributed by atoms with Gasteiger partial charge < -0.3 is 4.90 Å². The number of imide groups is 1. The number of benzene rings is 1. The van der Waals surface area contributed by atoms with Crippen molar-refractivity contribution in [2.75, 3.05) is 0 Å². The van der Waals surface area contributed by atoms with Crippen LogP contribution in [0.15, 0.2) is 12.1 Å². The fourth-order valence-electron chi connectivity index (χ4n) is 2.90. The van der Waals surface area contributed by atoms with Crippen LogP contribution in [-0.2, 0) is 16.1 Å². The number of nitrogens with one attached hydrogen (secondary N) is 1. The third-order valence-corrected chi connectivity index (χ3v) is 4.01. The lowest BCUT2D eigenvalue weighted by Gasteiger charge is -2.29. The van der Waals surface area contributed by atoms with Crippen molar-refractivity contribution >= 4 is 17.7 Å². The van der Waals surface area contributed by atoms with Crippen molar-refractivity contribution in [1.82, 2.24) is 10.2 Å². The van der Waals surface area contributed by atoms with E-state index in [0.29, 0.717) is 24.1 Å². The fourth-order valence-corrected chi connectivity index (χ4v) is 2.90. The summed E-state index contributed by atoms with van der Waals surface area (Å²) in [6, 6.07) is 5.04. The standard InChI is InChI=1S/C15H13N3O3/c1-8-2-3-9-7-18(15(21)13(9)10(8)6-16)11-4-5-12(19)17-14(11)20/h2-3,11H,4-5,7H2,1H3,(H,17,19,20). The van der Waals surface area contributed by atoms with Gasteiger partial charge in [-0.25, -0.2) is 0 Å². The molecule has 0 aromatic heterocycles. The highest BCUT2D eigenvalue weighted by atomic mass is 16.2. The van der Waals surface area contributed by atoms with Crippen LogP contribution in [0.25, 0.3) is 0 Å². The second kappa shape index (κ2) is 4.70. The van der Waals surface area contributed by atoms with Gasteiger partial charge in [-0.1, -0.05) is 12.1 Å². The number of nitrogens with zero attached hydrogens (tertiary/aromatic N) is 2. The van der Waals surface area contributed by atoms with E-state index in [1.807, 2.05) is 6.07 Å². The average molecular weight is 283 g/mol. The van der Waals surface area contributed by atoms with Crippen LogP contribution >= 0.6 is 0 Å². The van der Waals surface area contributed by atoms with Gasteiger partial charge in [0, 0.05) is 13.0 Å². The molecule has 0 bridgehead atoms. The number of carbonyl (C=O) groups is 3. The summed E-state index contributed by atoms with van der Waals surface area (Å²) in [7, 11) is 0. The summed E-state index contributed by atoms with van der Waals surface area (Å²) in [6.07, 6.45) is 0.548. The van der Waals surface area contributed by atoms with Crippen LogP contribution in [0.1, 0.15) is 39.9 Å². The Morgan fingerprint density at radius 3 is 2.76 bits per heavy atom. The van der Waals surface area contributed by atoms with Gasteiger partial charge in [-0.3, -0.25) is 19.7 Å². The first-order valence-corrected chi connectivity index (χ1v) is 6.70. The van der Waals surface area contributed by atoms with Crippen LogP contribution < -0.4 is 5.32 Å². The molecule has 6 nitrogen and oxygen atoms in total. The van der Waals surface area contributed by atoms with E-state index in [1.54, 1.807) is 13.0 Å². The number of hydrogen-bond acceptors (Lipinski definition) is 4. The number of amides is 3. The Morgan fingerprint density at radius 1 is 1.33 bits per heavy atom. The number of piperidine rings is 1. The van der Waals surface area contributed by atoms with Gasteiger partial charge in [-0.15, -0.1) is 0 Å². The molecule has 6 heteroatoms. The monoisotopic (exact) mass is 283 g/mol. The molecule has 21 heavy (non-hydrogen) atoms. The normalized spacial score (nSPS) is 21.0. The van der Waals surface area contributed by atoms with E-state index in [-0.39, 0.29) is 18.2 Å². The molecule has 1 unspecified atom stereocenters. The first-order valence-electron chi connectivity index (χ1n) is 6.70. The second-order valence-corrected chi connectivity index (χ2v) is 5.30. The van der Waals surface area contributed by atoms with E-state index >= 15 is 0 Å². The number of rotatable bonds is 1. The van der Waals surface area contributed by atoms with E-state index < -0.39 is 11.9 Å². The van der Waals surface area contributed by atoms with Gasteiger partial charge in [-0.05, 0) is 24.5 Å². The van der Waals surface area contributed by atoms with Crippen molar-refractivity contribution in [2.45, 2.75) is 32.4 Å². The van der Waals surface area contributed by atoms with Crippen LogP contribution in [0.5, 0.6) is 0 Å². The van der Waals surface area contributed by atoms with Crippen LogP contribution in [0, 0.1) is 18.3 Å². The van der Waals surface area contributed by atoms with Gasteiger partial charge in [0.15, 0.2) is 0 Å². The van der Waals surface area contributed by atoms with Crippen molar-refractivity contribution in [3.63, 3.8) is 0 Å². The zero-order valence-corrected chi connectivity index (χ0v) is 11.5. The Bertz CT molecular complexity index is 718. The summed E-state index contributed by atoms with van der Waals surface area (Å²) < 4.78 is 0. The summed E-state index contributed by atoms with van der Waals surface area (Å²) in [4.78, 5) is 37.1. The molecule has 2 aliphatic heterocycles. The highest BCUT2D eigenvalue weighted by molar-refractivity contribution is 6.06. The van der Waals surface area contributed by atoms with Crippen LogP contribution in [0.3, 0.4) is 0 Å². The molecule has 1 fully saturated rings. The molecule has 2 aliphatic rings.